The van der Waals surface area contributed by atoms with E-state index in [1.165, 1.54) is 0 Å². The lowest BCUT2D eigenvalue weighted by Gasteiger charge is -2.35. The quantitative estimate of drug-likeness (QED) is 0.586. The van der Waals surface area contributed by atoms with E-state index in [-0.39, 0.29) is 0 Å². The fourth-order valence-electron chi connectivity index (χ4n) is 1.98. The first-order valence-corrected chi connectivity index (χ1v) is 8.66. The van der Waals surface area contributed by atoms with Crippen LogP contribution >= 0.6 is 24.8 Å². The lowest BCUT2D eigenvalue weighted by molar-refractivity contribution is 0.169. The van der Waals surface area contributed by atoms with E-state index in [1.807, 2.05) is 18.2 Å². The van der Waals surface area contributed by atoms with Crippen molar-refractivity contribution in [2.75, 3.05) is 0 Å². The van der Waals surface area contributed by atoms with E-state index in [0.717, 1.165) is 18.4 Å². The minimum absolute atomic E-state index is 0.415. The summed E-state index contributed by atoms with van der Waals surface area (Å²) in [6, 6.07) is 11.0. The number of hydrogen-bond acceptors (Lipinski definition) is 3. The first kappa shape index (κ1) is 21.7. The number of ether oxygens (including phenoxy) is 1. The predicted octanol–water partition coefficient (Wildman–Crippen LogP) is 4.38. The highest BCUT2D eigenvalue weighted by Gasteiger charge is 2.21. The van der Waals surface area contributed by atoms with Crippen LogP contribution in [0.3, 0.4) is 0 Å². The number of nitrogens with two attached hydrogens (primary N) is 1. The maximum Gasteiger partial charge on any atom is 0.273 e. The average molecular weight is 357 g/mol. The van der Waals surface area contributed by atoms with E-state index in [1.54, 1.807) is 0 Å². The number of rotatable bonds is 6. The molecule has 2 N–H and O–H groups in total. The molecular weight excluding hydrogens is 328 g/mol. The van der Waals surface area contributed by atoms with Crippen molar-refractivity contribution in [2.24, 2.45) is 5.73 Å². The third-order valence-electron chi connectivity index (χ3n) is 3.55. The summed E-state index contributed by atoms with van der Waals surface area (Å²) < 4.78 is 5.79. The van der Waals surface area contributed by atoms with Crippen molar-refractivity contribution in [1.82, 2.24) is 4.90 Å². The Morgan fingerprint density at radius 3 is 2.04 bits per heavy atom. The van der Waals surface area contributed by atoms with Gasteiger partial charge in [0.2, 0.25) is 0 Å². The zero-order chi connectivity index (χ0) is 17.8. The second kappa shape index (κ2) is 12.2. The second-order valence-corrected chi connectivity index (χ2v) is 6.09. The maximum atomic E-state index is 9.09. The molecule has 1 rings (SSSR count). The van der Waals surface area contributed by atoms with Crippen molar-refractivity contribution in [1.29, 1.82) is 0 Å². The van der Waals surface area contributed by atoms with E-state index >= 15 is 0 Å². The van der Waals surface area contributed by atoms with Gasteiger partial charge in [-0.2, -0.15) is 0 Å². The van der Waals surface area contributed by atoms with Crippen molar-refractivity contribution in [2.45, 2.75) is 59.2 Å². The Morgan fingerprint density at radius 2 is 1.65 bits per heavy atom. The first-order chi connectivity index (χ1) is 10.8. The molecule has 0 spiro atoms. The van der Waals surface area contributed by atoms with Crippen LogP contribution in [0.15, 0.2) is 30.3 Å². The summed E-state index contributed by atoms with van der Waals surface area (Å²) in [7, 11) is 0. The van der Waals surface area contributed by atoms with Gasteiger partial charge in [-0.3, -0.25) is 4.79 Å². The Kier molecular flexibility index (Phi) is 11.5. The standard InChI is InChI=1S/C16H25NOS.CH3NOS/c1-5-13(3)17(14(4)6-2)16(19)18-12-15-10-8-7-9-11-15;2-1(3)4/h7-11,13-14H,5-6,12H2,1-4H3;(H3,2,3,4). The molecule has 6 heteroatoms. The zero-order valence-corrected chi connectivity index (χ0v) is 16.1. The van der Waals surface area contributed by atoms with Crippen LogP contribution in [0, 0.1) is 0 Å². The highest BCUT2D eigenvalue weighted by molar-refractivity contribution is 7.96. The number of nitrogens with zero attached hydrogens (tertiary/aromatic N) is 1. The van der Waals surface area contributed by atoms with Crippen LogP contribution in [0.4, 0.5) is 4.79 Å². The molecule has 23 heavy (non-hydrogen) atoms. The fourth-order valence-corrected chi connectivity index (χ4v) is 2.40. The molecule has 0 aliphatic rings. The van der Waals surface area contributed by atoms with Gasteiger partial charge in [0.05, 0.1) is 0 Å². The zero-order valence-electron chi connectivity index (χ0n) is 14.4. The number of thiol groups is 1. The average Bonchev–Trinajstić information content (AvgIpc) is 2.53. The van der Waals surface area contributed by atoms with Crippen molar-refractivity contribution in [3.8, 4) is 0 Å². The molecule has 0 saturated heterocycles. The van der Waals surface area contributed by atoms with Crippen LogP contribution in [0.25, 0.3) is 0 Å². The minimum Gasteiger partial charge on any atom is -0.466 e. The Balaban J connectivity index is 0.00000108. The van der Waals surface area contributed by atoms with Crippen LogP contribution in [0.1, 0.15) is 46.1 Å². The summed E-state index contributed by atoms with van der Waals surface area (Å²) in [6.07, 6.45) is 2.14. The molecule has 0 aliphatic heterocycles. The Morgan fingerprint density at radius 1 is 1.22 bits per heavy atom. The number of thiocarbonyl (C=S) groups is 1. The van der Waals surface area contributed by atoms with Crippen LogP contribution in [-0.2, 0) is 11.3 Å². The second-order valence-electron chi connectivity index (χ2n) is 5.30. The van der Waals surface area contributed by atoms with E-state index < -0.39 is 5.24 Å². The minimum atomic E-state index is -0.639. The van der Waals surface area contributed by atoms with Crippen molar-refractivity contribution < 1.29 is 9.53 Å². The van der Waals surface area contributed by atoms with Gasteiger partial charge in [0.25, 0.3) is 10.4 Å². The van der Waals surface area contributed by atoms with Gasteiger partial charge < -0.3 is 15.4 Å². The summed E-state index contributed by atoms with van der Waals surface area (Å²) in [6.45, 7) is 9.30. The van der Waals surface area contributed by atoms with E-state index in [4.69, 9.17) is 21.7 Å². The molecule has 2 atom stereocenters. The summed E-state index contributed by atoms with van der Waals surface area (Å²) in [5.41, 5.74) is 5.49. The number of carbonyl (C=O) groups is 1. The van der Waals surface area contributed by atoms with Crippen LogP contribution in [0.2, 0.25) is 0 Å². The first-order valence-electron chi connectivity index (χ1n) is 7.80. The van der Waals surface area contributed by atoms with Crippen molar-refractivity contribution >= 4 is 35.3 Å². The molecule has 1 amide bonds. The van der Waals surface area contributed by atoms with Gasteiger partial charge in [0.15, 0.2) is 0 Å². The summed E-state index contributed by atoms with van der Waals surface area (Å²) in [5, 5.41) is -0.0208. The molecule has 0 heterocycles. The van der Waals surface area contributed by atoms with Gasteiger partial charge >= 0.3 is 0 Å². The summed E-state index contributed by atoms with van der Waals surface area (Å²) in [4.78, 5) is 11.3. The lowest BCUT2D eigenvalue weighted by Crippen LogP contribution is -2.44. The smallest absolute Gasteiger partial charge is 0.273 e. The highest BCUT2D eigenvalue weighted by atomic mass is 32.1. The summed E-state index contributed by atoms with van der Waals surface area (Å²) >= 11 is 8.57. The van der Waals surface area contributed by atoms with Crippen LogP contribution in [-0.4, -0.2) is 27.4 Å². The topological polar surface area (TPSA) is 55.6 Å². The van der Waals surface area contributed by atoms with Gasteiger partial charge in [0, 0.05) is 12.1 Å². The monoisotopic (exact) mass is 356 g/mol. The number of carbonyl (C=O) groups excluding carboxylic acids is 1. The van der Waals surface area contributed by atoms with E-state index in [2.05, 4.69) is 63.1 Å². The highest BCUT2D eigenvalue weighted by Crippen LogP contribution is 2.14. The maximum absolute atomic E-state index is 9.09. The molecule has 4 nitrogen and oxygen atoms in total. The Hall–Kier alpha value is -1.27. The molecule has 130 valence electrons. The predicted molar refractivity (Wildman–Crippen MR) is 104 cm³/mol. The van der Waals surface area contributed by atoms with Crippen molar-refractivity contribution in [3.05, 3.63) is 35.9 Å². The molecule has 0 radical (unpaired) electrons. The normalized spacial score (nSPS) is 12.4. The molecule has 0 saturated carbocycles. The molecule has 2 unspecified atom stereocenters. The van der Waals surface area contributed by atoms with Crippen molar-refractivity contribution in [3.63, 3.8) is 0 Å². The molecule has 1 aromatic carbocycles. The number of benzene rings is 1. The van der Waals surface area contributed by atoms with Gasteiger partial charge in [-0.15, -0.1) is 0 Å². The largest absolute Gasteiger partial charge is 0.466 e. The Bertz CT molecular complexity index is 455. The van der Waals surface area contributed by atoms with E-state index in [9.17, 15) is 0 Å². The SMILES string of the molecule is CCC(C)N(C(=S)OCc1ccccc1)C(C)CC.NC(=O)S. The summed E-state index contributed by atoms with van der Waals surface area (Å²) in [5.74, 6) is 0. The third kappa shape index (κ3) is 9.46. The number of primary amides is 1. The van der Waals surface area contributed by atoms with Gasteiger partial charge in [-0.25, -0.2) is 0 Å². The number of hydrogen-bond donors (Lipinski definition) is 2. The van der Waals surface area contributed by atoms with Gasteiger partial charge in [-0.1, -0.05) is 56.8 Å². The molecule has 0 aromatic heterocycles. The molecule has 1 aromatic rings. The third-order valence-corrected chi connectivity index (χ3v) is 3.88. The molecule has 0 aliphatic carbocycles. The lowest BCUT2D eigenvalue weighted by atomic mass is 10.1. The molecular formula is C17H28N2O2S2. The molecule has 0 bridgehead atoms. The fraction of sp³-hybridized carbons (Fsp3) is 0.529. The van der Waals surface area contributed by atoms with Crippen LogP contribution < -0.4 is 5.73 Å². The van der Waals surface area contributed by atoms with E-state index in [0.29, 0.717) is 23.9 Å². The van der Waals surface area contributed by atoms with Crippen LogP contribution in [0.5, 0.6) is 0 Å². The Labute approximate surface area is 150 Å². The van der Waals surface area contributed by atoms with Gasteiger partial charge in [0.1, 0.15) is 6.61 Å². The van der Waals surface area contributed by atoms with Gasteiger partial charge in [-0.05, 0) is 44.5 Å². The number of amides is 1. The molecule has 0 fully saturated rings.